The number of likely N-dealkylation sites (tertiary alicyclic amines) is 1. The first-order valence-corrected chi connectivity index (χ1v) is 15.3. The molecule has 7 nitrogen and oxygen atoms in total. The largest absolute Gasteiger partial charge is 0.342 e. The number of H-pyrrole nitrogens is 1. The van der Waals surface area contributed by atoms with Gasteiger partial charge in [-0.25, -0.2) is 0 Å². The Morgan fingerprint density at radius 1 is 1.03 bits per heavy atom. The smallest absolute Gasteiger partial charge is 0.246 e. The molecule has 2 aliphatic heterocycles. The minimum atomic E-state index is -0.746. The number of amides is 2. The van der Waals surface area contributed by atoms with Crippen LogP contribution in [0, 0.1) is 26.7 Å². The highest BCUT2D eigenvalue weighted by atomic mass is 16.2. The van der Waals surface area contributed by atoms with E-state index in [1.54, 1.807) is 0 Å². The summed E-state index contributed by atoms with van der Waals surface area (Å²) < 4.78 is 0. The number of hydrogen-bond acceptors (Lipinski definition) is 4. The summed E-state index contributed by atoms with van der Waals surface area (Å²) in [4.78, 5) is 32.4. The summed E-state index contributed by atoms with van der Waals surface area (Å²) in [5.74, 6) is 0.772. The minimum Gasteiger partial charge on any atom is -0.342 e. The van der Waals surface area contributed by atoms with Gasteiger partial charge in [0.05, 0.1) is 11.7 Å². The summed E-state index contributed by atoms with van der Waals surface area (Å²) in [5, 5.41) is 10.9. The number of carbonyl (C=O) groups is 2. The zero-order valence-electron chi connectivity index (χ0n) is 24.4. The molecule has 1 saturated carbocycles. The van der Waals surface area contributed by atoms with Gasteiger partial charge < -0.3 is 10.2 Å². The maximum atomic E-state index is 14.0. The molecule has 2 saturated heterocycles. The van der Waals surface area contributed by atoms with Crippen LogP contribution in [0.15, 0.2) is 24.3 Å². The monoisotopic (exact) mass is 533 g/mol. The van der Waals surface area contributed by atoms with E-state index in [2.05, 4.69) is 72.4 Å². The van der Waals surface area contributed by atoms with Gasteiger partial charge in [-0.1, -0.05) is 75.3 Å². The van der Waals surface area contributed by atoms with Gasteiger partial charge in [0.25, 0.3) is 0 Å². The minimum absolute atomic E-state index is 0.0622. The highest BCUT2D eigenvalue weighted by Crippen LogP contribution is 2.40. The molecule has 0 radical (unpaired) electrons. The first-order valence-electron chi connectivity index (χ1n) is 15.3. The number of piperazine rings is 1. The lowest BCUT2D eigenvalue weighted by Crippen LogP contribution is -2.73. The number of nitrogens with one attached hydrogen (secondary N) is 2. The summed E-state index contributed by atoms with van der Waals surface area (Å²) in [6.07, 6.45) is 10.2. The van der Waals surface area contributed by atoms with Crippen molar-refractivity contribution in [1.82, 2.24) is 25.3 Å². The second-order valence-electron chi connectivity index (χ2n) is 12.3. The molecule has 212 valence electrons. The lowest BCUT2D eigenvalue weighted by Gasteiger charge is -2.53. The van der Waals surface area contributed by atoms with Gasteiger partial charge in [-0.05, 0) is 57.9 Å². The van der Waals surface area contributed by atoms with Gasteiger partial charge in [0, 0.05) is 30.9 Å². The Bertz CT molecular complexity index is 1120. The lowest BCUT2D eigenvalue weighted by molar-refractivity contribution is -0.162. The molecule has 2 amide bonds. The van der Waals surface area contributed by atoms with Crippen LogP contribution in [0.1, 0.15) is 105 Å². The third kappa shape index (κ3) is 5.52. The number of aromatic nitrogens is 2. The van der Waals surface area contributed by atoms with Gasteiger partial charge in [-0.2, -0.15) is 5.10 Å². The molecule has 1 aromatic carbocycles. The zero-order valence-corrected chi connectivity index (χ0v) is 24.4. The Morgan fingerprint density at radius 2 is 1.72 bits per heavy atom. The van der Waals surface area contributed by atoms with Crippen LogP contribution in [0.4, 0.5) is 0 Å². The average Bonchev–Trinajstić information content (AvgIpc) is 3.27. The SMILES string of the molecule is CCCCN1C(=O)C(CC2CCCCC2)NC(=O)C12CCN(C(c1ccc(C)cc1)c1c(C)n[nH]c1C)CC2. The van der Waals surface area contributed by atoms with E-state index < -0.39 is 5.54 Å². The van der Waals surface area contributed by atoms with Crippen LogP contribution in [0.3, 0.4) is 0 Å². The van der Waals surface area contributed by atoms with Crippen LogP contribution in [-0.2, 0) is 9.59 Å². The number of nitrogens with zero attached hydrogens (tertiary/aromatic N) is 3. The number of unbranched alkanes of at least 4 members (excludes halogenated alkanes) is 1. The Kier molecular flexibility index (Phi) is 8.46. The van der Waals surface area contributed by atoms with E-state index in [9.17, 15) is 9.59 Å². The molecule has 0 bridgehead atoms. The summed E-state index contributed by atoms with van der Waals surface area (Å²) in [6, 6.07) is 8.48. The maximum absolute atomic E-state index is 14.0. The standard InChI is InChI=1S/C32H47N5O2/c1-5-6-18-37-30(38)27(21-25-10-8-7-9-11-25)33-31(39)32(37)16-19-36(20-17-32)29(26-14-12-22(2)13-15-26)28-23(3)34-35-24(28)4/h12-15,25,27,29H,5-11,16-21H2,1-4H3,(H,33,39)(H,34,35). The maximum Gasteiger partial charge on any atom is 0.246 e. The summed E-state index contributed by atoms with van der Waals surface area (Å²) in [7, 11) is 0. The number of hydrogen-bond donors (Lipinski definition) is 2. The van der Waals surface area contributed by atoms with Crippen molar-refractivity contribution in [2.45, 2.75) is 110 Å². The van der Waals surface area contributed by atoms with Gasteiger partial charge >= 0.3 is 0 Å². The van der Waals surface area contributed by atoms with Crippen molar-refractivity contribution in [3.63, 3.8) is 0 Å². The van der Waals surface area contributed by atoms with Gasteiger partial charge in [-0.15, -0.1) is 0 Å². The van der Waals surface area contributed by atoms with E-state index in [0.717, 1.165) is 43.7 Å². The summed E-state index contributed by atoms with van der Waals surface area (Å²) in [5.41, 5.74) is 5.04. The molecule has 7 heteroatoms. The lowest BCUT2D eigenvalue weighted by atomic mass is 9.78. The highest BCUT2D eigenvalue weighted by molar-refractivity contribution is 6.00. The topological polar surface area (TPSA) is 81.3 Å². The van der Waals surface area contributed by atoms with Crippen LogP contribution in [0.25, 0.3) is 0 Å². The van der Waals surface area contributed by atoms with Crippen molar-refractivity contribution < 1.29 is 9.59 Å². The number of aromatic amines is 1. The number of carbonyl (C=O) groups excluding carboxylic acids is 2. The molecule has 2 aromatic rings. The fraction of sp³-hybridized carbons (Fsp3) is 0.656. The van der Waals surface area contributed by atoms with E-state index in [4.69, 9.17) is 0 Å². The highest BCUT2D eigenvalue weighted by Gasteiger charge is 2.54. The average molecular weight is 534 g/mol. The van der Waals surface area contributed by atoms with Crippen LogP contribution in [0.2, 0.25) is 0 Å². The van der Waals surface area contributed by atoms with Crippen molar-refractivity contribution >= 4 is 11.8 Å². The van der Waals surface area contributed by atoms with E-state index in [1.807, 2.05) is 4.90 Å². The van der Waals surface area contributed by atoms with Gasteiger partial charge in [0.15, 0.2) is 0 Å². The predicted octanol–water partition coefficient (Wildman–Crippen LogP) is 5.36. The van der Waals surface area contributed by atoms with Crippen molar-refractivity contribution in [2.75, 3.05) is 19.6 Å². The van der Waals surface area contributed by atoms with Crippen molar-refractivity contribution in [3.05, 3.63) is 52.3 Å². The fourth-order valence-corrected chi connectivity index (χ4v) is 7.35. The first-order chi connectivity index (χ1) is 18.8. The quantitative estimate of drug-likeness (QED) is 0.479. The number of benzene rings is 1. The van der Waals surface area contributed by atoms with E-state index in [1.165, 1.54) is 48.8 Å². The van der Waals surface area contributed by atoms with Gasteiger partial charge in [0.2, 0.25) is 11.8 Å². The van der Waals surface area contributed by atoms with Crippen molar-refractivity contribution in [1.29, 1.82) is 0 Å². The normalized spacial score (nSPS) is 23.3. The molecule has 3 fully saturated rings. The second kappa shape index (κ2) is 11.8. The molecule has 1 aromatic heterocycles. The van der Waals surface area contributed by atoms with Gasteiger partial charge in [0.1, 0.15) is 11.6 Å². The predicted molar refractivity (Wildman–Crippen MR) is 154 cm³/mol. The van der Waals surface area contributed by atoms with E-state index in [0.29, 0.717) is 25.3 Å². The molecule has 1 spiro atoms. The molecule has 2 atom stereocenters. The fourth-order valence-electron chi connectivity index (χ4n) is 7.35. The van der Waals surface area contributed by atoms with E-state index >= 15 is 0 Å². The molecule has 5 rings (SSSR count). The summed E-state index contributed by atoms with van der Waals surface area (Å²) >= 11 is 0. The second-order valence-corrected chi connectivity index (χ2v) is 12.3. The molecule has 2 unspecified atom stereocenters. The number of piperidine rings is 1. The Morgan fingerprint density at radius 3 is 2.33 bits per heavy atom. The number of rotatable bonds is 8. The molecule has 1 aliphatic carbocycles. The third-order valence-electron chi connectivity index (χ3n) is 9.68. The molecule has 39 heavy (non-hydrogen) atoms. The molecular formula is C32H47N5O2. The van der Waals surface area contributed by atoms with Crippen LogP contribution < -0.4 is 5.32 Å². The van der Waals surface area contributed by atoms with Crippen molar-refractivity contribution in [2.24, 2.45) is 5.92 Å². The first kappa shape index (κ1) is 27.9. The van der Waals surface area contributed by atoms with Crippen LogP contribution in [-0.4, -0.2) is 63.0 Å². The molecule has 3 heterocycles. The zero-order chi connectivity index (χ0) is 27.6. The summed E-state index contributed by atoms with van der Waals surface area (Å²) in [6.45, 7) is 10.6. The van der Waals surface area contributed by atoms with E-state index in [-0.39, 0.29) is 23.9 Å². The molecular weight excluding hydrogens is 486 g/mol. The van der Waals surface area contributed by atoms with Crippen LogP contribution >= 0.6 is 0 Å². The Balaban J connectivity index is 1.39. The Hall–Kier alpha value is -2.67. The van der Waals surface area contributed by atoms with Crippen molar-refractivity contribution in [3.8, 4) is 0 Å². The molecule has 3 aliphatic rings. The number of aryl methyl sites for hydroxylation is 3. The van der Waals surface area contributed by atoms with Gasteiger partial charge in [-0.3, -0.25) is 19.6 Å². The third-order valence-corrected chi connectivity index (χ3v) is 9.68. The molecule has 2 N–H and O–H groups in total. The Labute approximate surface area is 234 Å². The van der Waals surface area contributed by atoms with Crippen LogP contribution in [0.5, 0.6) is 0 Å².